The smallest absolute Gasteiger partial charge is 0.0708 e. The van der Waals surface area contributed by atoms with Crippen molar-refractivity contribution in [3.8, 4) is 0 Å². The van der Waals surface area contributed by atoms with Gasteiger partial charge in [-0.1, -0.05) is 19.4 Å². The second kappa shape index (κ2) is 6.18. The quantitative estimate of drug-likeness (QED) is 0.836. The Bertz CT molecular complexity index is 347. The molecule has 18 heavy (non-hydrogen) atoms. The van der Waals surface area contributed by atoms with Crippen molar-refractivity contribution in [1.29, 1.82) is 0 Å². The number of hydrogen-bond donors (Lipinski definition) is 1. The zero-order valence-corrected chi connectivity index (χ0v) is 12.6. The lowest BCUT2D eigenvalue weighted by molar-refractivity contribution is -0.0152. The largest absolute Gasteiger partial charge is 0.371 e. The predicted molar refractivity (Wildman–Crippen MR) is 78.2 cm³/mol. The molecule has 2 rings (SSSR count). The molecule has 0 spiro atoms. The number of rotatable bonds is 6. The maximum atomic E-state index is 6.04. The van der Waals surface area contributed by atoms with E-state index < -0.39 is 0 Å². The van der Waals surface area contributed by atoms with E-state index in [4.69, 9.17) is 4.74 Å². The van der Waals surface area contributed by atoms with Gasteiger partial charge in [0.2, 0.25) is 0 Å². The second-order valence-corrected chi connectivity index (χ2v) is 6.78. The summed E-state index contributed by atoms with van der Waals surface area (Å²) in [6.07, 6.45) is 5.17. The maximum absolute atomic E-state index is 6.04. The second-order valence-electron chi connectivity index (χ2n) is 5.80. The van der Waals surface area contributed by atoms with Crippen LogP contribution in [0.2, 0.25) is 0 Å². The standard InChI is InChI=1S/C15H25NOS/c1-4-6-13(14-7-5-10-18-14)16-11-12-8-9-15(2,3)17-12/h5,7,10,12-13,16H,4,6,8-9,11H2,1-3H3. The molecule has 102 valence electrons. The summed E-state index contributed by atoms with van der Waals surface area (Å²) < 4.78 is 6.04. The maximum Gasteiger partial charge on any atom is 0.0708 e. The van der Waals surface area contributed by atoms with Crippen LogP contribution in [0.1, 0.15) is 57.4 Å². The Balaban J connectivity index is 1.83. The molecule has 1 aromatic rings. The van der Waals surface area contributed by atoms with Crippen molar-refractivity contribution in [2.75, 3.05) is 6.54 Å². The lowest BCUT2D eigenvalue weighted by Gasteiger charge is -2.22. The lowest BCUT2D eigenvalue weighted by Crippen LogP contribution is -2.31. The summed E-state index contributed by atoms with van der Waals surface area (Å²) in [5, 5.41) is 5.85. The van der Waals surface area contributed by atoms with Crippen LogP contribution in [-0.2, 0) is 4.74 Å². The van der Waals surface area contributed by atoms with Gasteiger partial charge in [-0.3, -0.25) is 0 Å². The average Bonchev–Trinajstić information content (AvgIpc) is 2.94. The van der Waals surface area contributed by atoms with Gasteiger partial charge in [-0.2, -0.15) is 0 Å². The van der Waals surface area contributed by atoms with Crippen molar-refractivity contribution in [2.24, 2.45) is 0 Å². The van der Waals surface area contributed by atoms with E-state index in [9.17, 15) is 0 Å². The minimum absolute atomic E-state index is 0.0789. The molecular weight excluding hydrogens is 242 g/mol. The number of hydrogen-bond acceptors (Lipinski definition) is 3. The van der Waals surface area contributed by atoms with Gasteiger partial charge in [0.25, 0.3) is 0 Å². The summed E-state index contributed by atoms with van der Waals surface area (Å²) in [6.45, 7) is 7.61. The Kier molecular flexibility index (Phi) is 4.82. The summed E-state index contributed by atoms with van der Waals surface area (Å²) in [5.74, 6) is 0. The van der Waals surface area contributed by atoms with Gasteiger partial charge in [-0.25, -0.2) is 0 Å². The molecule has 3 heteroatoms. The molecule has 2 nitrogen and oxygen atoms in total. The fraction of sp³-hybridized carbons (Fsp3) is 0.733. The molecule has 1 aliphatic rings. The first-order chi connectivity index (χ1) is 8.61. The molecule has 0 aromatic carbocycles. The van der Waals surface area contributed by atoms with E-state index in [-0.39, 0.29) is 5.60 Å². The number of ether oxygens (including phenoxy) is 1. The summed E-state index contributed by atoms with van der Waals surface area (Å²) in [4.78, 5) is 1.45. The van der Waals surface area contributed by atoms with Crippen molar-refractivity contribution in [3.05, 3.63) is 22.4 Å². The van der Waals surface area contributed by atoms with Gasteiger partial charge in [0.05, 0.1) is 11.7 Å². The van der Waals surface area contributed by atoms with Crippen LogP contribution in [0.25, 0.3) is 0 Å². The summed E-state index contributed by atoms with van der Waals surface area (Å²) >= 11 is 1.85. The predicted octanol–water partition coefficient (Wildman–Crippen LogP) is 4.14. The van der Waals surface area contributed by atoms with Crippen LogP contribution in [0.5, 0.6) is 0 Å². The highest BCUT2D eigenvalue weighted by atomic mass is 32.1. The first kappa shape index (κ1) is 14.0. The third-order valence-electron chi connectivity index (χ3n) is 3.61. The monoisotopic (exact) mass is 267 g/mol. The topological polar surface area (TPSA) is 21.3 Å². The molecule has 0 amide bonds. The minimum atomic E-state index is 0.0789. The van der Waals surface area contributed by atoms with Gasteiger partial charge in [0.15, 0.2) is 0 Å². The fourth-order valence-corrected chi connectivity index (χ4v) is 3.46. The molecular formula is C15H25NOS. The Morgan fingerprint density at radius 3 is 2.94 bits per heavy atom. The first-order valence-electron chi connectivity index (χ1n) is 7.05. The van der Waals surface area contributed by atoms with Crippen LogP contribution >= 0.6 is 11.3 Å². The Hall–Kier alpha value is -0.380. The highest BCUT2D eigenvalue weighted by molar-refractivity contribution is 7.10. The highest BCUT2D eigenvalue weighted by Gasteiger charge is 2.31. The molecule has 2 heterocycles. The van der Waals surface area contributed by atoms with E-state index in [1.54, 1.807) is 0 Å². The Morgan fingerprint density at radius 2 is 2.39 bits per heavy atom. The van der Waals surface area contributed by atoms with Gasteiger partial charge in [-0.15, -0.1) is 11.3 Å². The molecule has 0 bridgehead atoms. The normalized spacial score (nSPS) is 24.3. The zero-order valence-electron chi connectivity index (χ0n) is 11.7. The van der Waals surface area contributed by atoms with E-state index in [0.29, 0.717) is 12.1 Å². The van der Waals surface area contributed by atoms with Crippen molar-refractivity contribution >= 4 is 11.3 Å². The number of thiophene rings is 1. The molecule has 1 fully saturated rings. The van der Waals surface area contributed by atoms with Crippen molar-refractivity contribution in [3.63, 3.8) is 0 Å². The molecule has 1 aromatic heterocycles. The van der Waals surface area contributed by atoms with Gasteiger partial charge in [0.1, 0.15) is 0 Å². The average molecular weight is 267 g/mol. The van der Waals surface area contributed by atoms with Gasteiger partial charge in [-0.05, 0) is 44.6 Å². The van der Waals surface area contributed by atoms with E-state index in [0.717, 1.165) is 6.54 Å². The van der Waals surface area contributed by atoms with E-state index >= 15 is 0 Å². The van der Waals surface area contributed by atoms with E-state index in [1.165, 1.54) is 30.6 Å². The zero-order chi connectivity index (χ0) is 13.0. The summed E-state index contributed by atoms with van der Waals surface area (Å²) in [7, 11) is 0. The molecule has 0 aliphatic carbocycles. The van der Waals surface area contributed by atoms with Crippen LogP contribution in [0.15, 0.2) is 17.5 Å². The molecule has 0 radical (unpaired) electrons. The van der Waals surface area contributed by atoms with Crippen LogP contribution in [0.3, 0.4) is 0 Å². The van der Waals surface area contributed by atoms with Gasteiger partial charge < -0.3 is 10.1 Å². The van der Waals surface area contributed by atoms with Crippen LogP contribution in [0.4, 0.5) is 0 Å². The van der Waals surface area contributed by atoms with E-state index in [2.05, 4.69) is 43.6 Å². The first-order valence-corrected chi connectivity index (χ1v) is 7.93. The molecule has 1 saturated heterocycles. The minimum Gasteiger partial charge on any atom is -0.371 e. The van der Waals surface area contributed by atoms with Crippen LogP contribution in [0, 0.1) is 0 Å². The third-order valence-corrected chi connectivity index (χ3v) is 4.60. The van der Waals surface area contributed by atoms with Crippen molar-refractivity contribution in [2.45, 2.75) is 64.2 Å². The SMILES string of the molecule is CCCC(NCC1CCC(C)(C)O1)c1cccs1. The molecule has 1 N–H and O–H groups in total. The Morgan fingerprint density at radius 1 is 1.56 bits per heavy atom. The van der Waals surface area contributed by atoms with E-state index in [1.807, 2.05) is 11.3 Å². The third kappa shape index (κ3) is 3.81. The van der Waals surface area contributed by atoms with Crippen LogP contribution < -0.4 is 5.32 Å². The molecule has 2 atom stereocenters. The van der Waals surface area contributed by atoms with Crippen LogP contribution in [-0.4, -0.2) is 18.2 Å². The molecule has 1 aliphatic heterocycles. The highest BCUT2D eigenvalue weighted by Crippen LogP contribution is 2.30. The summed E-state index contributed by atoms with van der Waals surface area (Å²) in [5.41, 5.74) is 0.0789. The Labute approximate surface area is 115 Å². The lowest BCUT2D eigenvalue weighted by atomic mass is 10.1. The van der Waals surface area contributed by atoms with Gasteiger partial charge >= 0.3 is 0 Å². The fourth-order valence-electron chi connectivity index (χ4n) is 2.62. The molecule has 2 unspecified atom stereocenters. The van der Waals surface area contributed by atoms with Gasteiger partial charge in [0, 0.05) is 17.5 Å². The van der Waals surface area contributed by atoms with Crippen molar-refractivity contribution in [1.82, 2.24) is 5.32 Å². The van der Waals surface area contributed by atoms with Crippen molar-refractivity contribution < 1.29 is 4.74 Å². The summed E-state index contributed by atoms with van der Waals surface area (Å²) in [6, 6.07) is 4.87. The number of nitrogens with one attached hydrogen (secondary N) is 1. The molecule has 0 saturated carbocycles.